The van der Waals surface area contributed by atoms with E-state index in [1.54, 1.807) is 19.2 Å². The van der Waals surface area contributed by atoms with Crippen LogP contribution in [0.25, 0.3) is 0 Å². The minimum Gasteiger partial charge on any atom is -0.497 e. The third-order valence-electron chi connectivity index (χ3n) is 3.91. The van der Waals surface area contributed by atoms with Gasteiger partial charge in [-0.25, -0.2) is 0 Å². The zero-order valence-corrected chi connectivity index (χ0v) is 11.2. The van der Waals surface area contributed by atoms with Gasteiger partial charge in [0, 0.05) is 6.42 Å². The number of benzene rings is 1. The Morgan fingerprint density at radius 1 is 1.10 bits per heavy atom. The molecule has 1 aliphatic carbocycles. The second kappa shape index (κ2) is 5.85. The highest BCUT2D eigenvalue weighted by atomic mass is 19.4. The Morgan fingerprint density at radius 3 is 2.30 bits per heavy atom. The van der Waals surface area contributed by atoms with Crippen LogP contribution in [0, 0.1) is 5.92 Å². The standard InChI is InChI=1S/C15H17F3O2/c1-20-12-6-2-10(3-7-12)11-4-8-13(15(16,17)18)14(19)9-5-11/h2-3,6-7,11,13H,4-5,8-9H2,1H3/t11-,13-/m0/s1. The van der Waals surface area contributed by atoms with Crippen LogP contribution in [0.15, 0.2) is 24.3 Å². The quantitative estimate of drug-likeness (QED) is 0.765. The number of hydrogen-bond acceptors (Lipinski definition) is 2. The first-order valence-corrected chi connectivity index (χ1v) is 6.65. The minimum absolute atomic E-state index is 0.000866. The van der Waals surface area contributed by atoms with Crippen molar-refractivity contribution in [2.24, 2.45) is 5.92 Å². The number of ether oxygens (including phenoxy) is 1. The second-order valence-electron chi connectivity index (χ2n) is 5.15. The first-order valence-electron chi connectivity index (χ1n) is 6.65. The van der Waals surface area contributed by atoms with Crippen molar-refractivity contribution in [1.29, 1.82) is 0 Å². The summed E-state index contributed by atoms with van der Waals surface area (Å²) in [5, 5.41) is 0. The van der Waals surface area contributed by atoms with Crippen LogP contribution in [0.5, 0.6) is 5.75 Å². The molecule has 1 fully saturated rings. The SMILES string of the molecule is COc1ccc([C@@H]2CCC(=O)[C@@H](C(F)(F)F)CC2)cc1. The topological polar surface area (TPSA) is 26.3 Å². The number of hydrogen-bond donors (Lipinski definition) is 0. The van der Waals surface area contributed by atoms with Crippen LogP contribution in [-0.2, 0) is 4.79 Å². The van der Waals surface area contributed by atoms with Crippen LogP contribution in [-0.4, -0.2) is 19.1 Å². The van der Waals surface area contributed by atoms with Gasteiger partial charge >= 0.3 is 6.18 Å². The fourth-order valence-electron chi connectivity index (χ4n) is 2.72. The molecule has 0 spiro atoms. The van der Waals surface area contributed by atoms with Gasteiger partial charge in [0.2, 0.25) is 0 Å². The number of halogens is 3. The van der Waals surface area contributed by atoms with Gasteiger partial charge in [-0.2, -0.15) is 13.2 Å². The maximum absolute atomic E-state index is 12.8. The van der Waals surface area contributed by atoms with Gasteiger partial charge in [0.15, 0.2) is 0 Å². The summed E-state index contributed by atoms with van der Waals surface area (Å²) < 4.78 is 43.3. The van der Waals surface area contributed by atoms with E-state index in [0.29, 0.717) is 18.6 Å². The Morgan fingerprint density at radius 2 is 1.75 bits per heavy atom. The summed E-state index contributed by atoms with van der Waals surface area (Å²) in [6.07, 6.45) is -3.65. The second-order valence-corrected chi connectivity index (χ2v) is 5.15. The molecule has 1 saturated carbocycles. The minimum atomic E-state index is -4.41. The van der Waals surface area contributed by atoms with E-state index in [2.05, 4.69) is 0 Å². The summed E-state index contributed by atoms with van der Waals surface area (Å²) in [7, 11) is 1.56. The summed E-state index contributed by atoms with van der Waals surface area (Å²) in [5.41, 5.74) is 0.974. The Labute approximate surface area is 115 Å². The third-order valence-corrected chi connectivity index (χ3v) is 3.91. The monoisotopic (exact) mass is 286 g/mol. The highest BCUT2D eigenvalue weighted by Gasteiger charge is 2.45. The predicted molar refractivity (Wildman–Crippen MR) is 68.8 cm³/mol. The Balaban J connectivity index is 2.10. The largest absolute Gasteiger partial charge is 0.497 e. The van der Waals surface area contributed by atoms with E-state index in [-0.39, 0.29) is 18.8 Å². The highest BCUT2D eigenvalue weighted by Crippen LogP contribution is 2.39. The van der Waals surface area contributed by atoms with Gasteiger partial charge in [0.1, 0.15) is 17.5 Å². The normalized spacial score (nSPS) is 24.3. The Hall–Kier alpha value is -1.52. The summed E-state index contributed by atoms with van der Waals surface area (Å²) in [6.45, 7) is 0. The molecule has 0 bridgehead atoms. The molecule has 0 saturated heterocycles. The van der Waals surface area contributed by atoms with Crippen molar-refractivity contribution in [1.82, 2.24) is 0 Å². The van der Waals surface area contributed by atoms with Gasteiger partial charge in [-0.05, 0) is 42.9 Å². The van der Waals surface area contributed by atoms with Crippen LogP contribution in [0.1, 0.15) is 37.2 Å². The van der Waals surface area contributed by atoms with Crippen LogP contribution in [0.3, 0.4) is 0 Å². The summed E-state index contributed by atoms with van der Waals surface area (Å²) in [6, 6.07) is 7.32. The molecule has 2 nitrogen and oxygen atoms in total. The van der Waals surface area contributed by atoms with Crippen LogP contribution >= 0.6 is 0 Å². The number of carbonyl (C=O) groups excluding carboxylic acids is 1. The van der Waals surface area contributed by atoms with Crippen LogP contribution < -0.4 is 4.74 Å². The van der Waals surface area contributed by atoms with Crippen LogP contribution in [0.4, 0.5) is 13.2 Å². The number of Topliss-reactive ketones (excluding diaryl/α,β-unsaturated/α-hetero) is 1. The van der Waals surface area contributed by atoms with Gasteiger partial charge in [-0.1, -0.05) is 12.1 Å². The lowest BCUT2D eigenvalue weighted by molar-refractivity contribution is -0.182. The molecule has 110 valence electrons. The molecular formula is C15H17F3O2. The fraction of sp³-hybridized carbons (Fsp3) is 0.533. The van der Waals surface area contributed by atoms with Gasteiger partial charge in [0.05, 0.1) is 7.11 Å². The third kappa shape index (κ3) is 3.32. The van der Waals surface area contributed by atoms with E-state index in [4.69, 9.17) is 4.74 Å². The van der Waals surface area contributed by atoms with E-state index < -0.39 is 17.9 Å². The van der Waals surface area contributed by atoms with Gasteiger partial charge < -0.3 is 4.74 Å². The molecule has 5 heteroatoms. The van der Waals surface area contributed by atoms with Crippen molar-refractivity contribution < 1.29 is 22.7 Å². The summed E-state index contributed by atoms with van der Waals surface area (Å²) >= 11 is 0. The van der Waals surface area contributed by atoms with Crippen molar-refractivity contribution in [2.45, 2.75) is 37.8 Å². The summed E-state index contributed by atoms with van der Waals surface area (Å²) in [4.78, 5) is 11.6. The fourth-order valence-corrected chi connectivity index (χ4v) is 2.72. The predicted octanol–water partition coefficient (Wildman–Crippen LogP) is 4.10. The van der Waals surface area contributed by atoms with Crippen molar-refractivity contribution >= 4 is 5.78 Å². The average Bonchev–Trinajstić information content (AvgIpc) is 2.60. The molecular weight excluding hydrogens is 269 g/mol. The molecule has 20 heavy (non-hydrogen) atoms. The molecule has 1 aromatic carbocycles. The zero-order chi connectivity index (χ0) is 14.8. The molecule has 0 aromatic heterocycles. The molecule has 0 amide bonds. The van der Waals surface area contributed by atoms with E-state index in [1.165, 1.54) is 0 Å². The lowest BCUT2D eigenvalue weighted by Gasteiger charge is -2.17. The van der Waals surface area contributed by atoms with E-state index in [1.807, 2.05) is 12.1 Å². The number of rotatable bonds is 2. The van der Waals surface area contributed by atoms with Crippen LogP contribution in [0.2, 0.25) is 0 Å². The molecule has 0 unspecified atom stereocenters. The molecule has 0 N–H and O–H groups in total. The maximum Gasteiger partial charge on any atom is 0.398 e. The first-order chi connectivity index (χ1) is 9.41. The molecule has 0 heterocycles. The lowest BCUT2D eigenvalue weighted by Crippen LogP contribution is -2.29. The van der Waals surface area contributed by atoms with Gasteiger partial charge in [0.25, 0.3) is 0 Å². The van der Waals surface area contributed by atoms with Gasteiger partial charge in [-0.15, -0.1) is 0 Å². The molecule has 0 aliphatic heterocycles. The number of ketones is 1. The molecule has 1 aromatic rings. The lowest BCUT2D eigenvalue weighted by atomic mass is 9.91. The molecule has 2 rings (SSSR count). The first kappa shape index (κ1) is 14.9. The molecule has 2 atom stereocenters. The number of methoxy groups -OCH3 is 1. The van der Waals surface area contributed by atoms with Crippen molar-refractivity contribution in [2.75, 3.05) is 7.11 Å². The Bertz CT molecular complexity index is 465. The summed E-state index contributed by atoms with van der Waals surface area (Å²) in [5.74, 6) is -1.73. The van der Waals surface area contributed by atoms with E-state index in [9.17, 15) is 18.0 Å². The van der Waals surface area contributed by atoms with Crippen molar-refractivity contribution in [3.63, 3.8) is 0 Å². The molecule has 0 radical (unpaired) electrons. The van der Waals surface area contributed by atoms with E-state index >= 15 is 0 Å². The number of carbonyl (C=O) groups is 1. The van der Waals surface area contributed by atoms with Crippen molar-refractivity contribution in [3.8, 4) is 5.75 Å². The zero-order valence-electron chi connectivity index (χ0n) is 11.2. The van der Waals surface area contributed by atoms with E-state index in [0.717, 1.165) is 5.56 Å². The van der Waals surface area contributed by atoms with Gasteiger partial charge in [-0.3, -0.25) is 4.79 Å². The molecule has 1 aliphatic rings. The van der Waals surface area contributed by atoms with Crippen molar-refractivity contribution in [3.05, 3.63) is 29.8 Å². The maximum atomic E-state index is 12.8. The number of alkyl halides is 3. The smallest absolute Gasteiger partial charge is 0.398 e. The Kier molecular flexibility index (Phi) is 4.35. The average molecular weight is 286 g/mol. The highest BCUT2D eigenvalue weighted by molar-refractivity contribution is 5.82.